The second-order valence-corrected chi connectivity index (χ2v) is 5.30. The largest absolute Gasteiger partial charge is 0.368 e. The Morgan fingerprint density at radius 1 is 0.895 bits per heavy atom. The van der Waals surface area contributed by atoms with Crippen molar-refractivity contribution < 1.29 is 9.84 Å². The summed E-state index contributed by atoms with van der Waals surface area (Å²) >= 11 is 0. The number of nitrogens with zero attached hydrogens (tertiary/aromatic N) is 2. The van der Waals surface area contributed by atoms with Crippen LogP contribution in [-0.2, 0) is 4.74 Å². The predicted octanol–water partition coefficient (Wildman–Crippen LogP) is -1.48. The highest BCUT2D eigenvalue weighted by atomic mass is 16.6. The van der Waals surface area contributed by atoms with Crippen molar-refractivity contribution in [2.24, 2.45) is 0 Å². The molecule has 2 fully saturated rings. The fourth-order valence-corrected chi connectivity index (χ4v) is 2.56. The molecule has 3 N–H and O–H groups in total. The molecule has 2 heterocycles. The molecule has 1 unspecified atom stereocenters. The van der Waals surface area contributed by atoms with Crippen molar-refractivity contribution in [2.45, 2.75) is 12.7 Å². The van der Waals surface area contributed by atoms with E-state index in [1.165, 1.54) is 0 Å². The van der Waals surface area contributed by atoms with Gasteiger partial charge in [-0.2, -0.15) is 0 Å². The van der Waals surface area contributed by atoms with Gasteiger partial charge in [0, 0.05) is 71.9 Å². The number of rotatable bonds is 7. The quantitative estimate of drug-likeness (QED) is 0.492. The second-order valence-electron chi connectivity index (χ2n) is 5.30. The molecule has 0 saturated carbocycles. The molecule has 0 amide bonds. The van der Waals surface area contributed by atoms with Crippen LogP contribution in [-0.4, -0.2) is 93.3 Å². The van der Waals surface area contributed by atoms with Gasteiger partial charge in [0.1, 0.15) is 0 Å². The highest BCUT2D eigenvalue weighted by Gasteiger charge is 2.13. The molecule has 2 rings (SSSR count). The van der Waals surface area contributed by atoms with Crippen LogP contribution in [0.3, 0.4) is 0 Å². The van der Waals surface area contributed by atoms with Crippen LogP contribution in [0.1, 0.15) is 6.42 Å². The van der Waals surface area contributed by atoms with Gasteiger partial charge in [0.05, 0.1) is 6.61 Å². The molecule has 0 aromatic heterocycles. The van der Waals surface area contributed by atoms with E-state index in [0.29, 0.717) is 13.0 Å². The molecule has 6 nitrogen and oxygen atoms in total. The zero-order valence-corrected chi connectivity index (χ0v) is 11.8. The van der Waals surface area contributed by atoms with Crippen molar-refractivity contribution in [3.05, 3.63) is 0 Å². The monoisotopic (exact) mass is 272 g/mol. The minimum atomic E-state index is -0.613. The van der Waals surface area contributed by atoms with Gasteiger partial charge in [-0.3, -0.25) is 4.90 Å². The average Bonchev–Trinajstić information content (AvgIpc) is 2.47. The fraction of sp³-hybridized carbons (Fsp3) is 1.00. The summed E-state index contributed by atoms with van der Waals surface area (Å²) in [5.41, 5.74) is 0. The topological polar surface area (TPSA) is 60.0 Å². The Hall–Kier alpha value is -0.240. The Morgan fingerprint density at radius 2 is 1.42 bits per heavy atom. The van der Waals surface area contributed by atoms with Gasteiger partial charge in [-0.25, -0.2) is 0 Å². The summed E-state index contributed by atoms with van der Waals surface area (Å²) in [6.07, 6.45) is 0.0967. The number of nitrogens with one attached hydrogen (secondary N) is 2. The van der Waals surface area contributed by atoms with Gasteiger partial charge in [-0.1, -0.05) is 0 Å². The average molecular weight is 272 g/mol. The van der Waals surface area contributed by atoms with Gasteiger partial charge in [0.2, 0.25) is 0 Å². The Labute approximate surface area is 116 Å². The predicted molar refractivity (Wildman–Crippen MR) is 75.2 cm³/mol. The minimum absolute atomic E-state index is 0.613. The van der Waals surface area contributed by atoms with Crippen LogP contribution in [0.5, 0.6) is 0 Å². The number of hydrogen-bond donors (Lipinski definition) is 3. The summed E-state index contributed by atoms with van der Waals surface area (Å²) in [6, 6.07) is 0. The lowest BCUT2D eigenvalue weighted by atomic mass is 10.3. The summed E-state index contributed by atoms with van der Waals surface area (Å²) in [5, 5.41) is 16.5. The van der Waals surface area contributed by atoms with E-state index < -0.39 is 6.29 Å². The normalized spacial score (nSPS) is 24.5. The highest BCUT2D eigenvalue weighted by Crippen LogP contribution is 2.00. The van der Waals surface area contributed by atoms with Gasteiger partial charge < -0.3 is 25.4 Å². The number of ether oxygens (including phenoxy) is 1. The van der Waals surface area contributed by atoms with Gasteiger partial charge in [-0.15, -0.1) is 0 Å². The van der Waals surface area contributed by atoms with Crippen molar-refractivity contribution in [1.29, 1.82) is 0 Å². The van der Waals surface area contributed by atoms with Crippen LogP contribution < -0.4 is 10.6 Å². The maximum absolute atomic E-state index is 9.81. The third-order valence-corrected chi connectivity index (χ3v) is 3.83. The summed E-state index contributed by atoms with van der Waals surface area (Å²) in [6.45, 7) is 11.0. The molecule has 2 aliphatic heterocycles. The zero-order valence-electron chi connectivity index (χ0n) is 11.8. The first-order valence-corrected chi connectivity index (χ1v) is 7.50. The maximum atomic E-state index is 9.81. The molecular formula is C13H28N4O2. The SMILES string of the molecule is OC(CCN1CCNCC1)OCCN1CCNCC1. The Kier molecular flexibility index (Phi) is 7.05. The van der Waals surface area contributed by atoms with Crippen LogP contribution in [0.25, 0.3) is 0 Å². The molecule has 6 heteroatoms. The lowest BCUT2D eigenvalue weighted by molar-refractivity contribution is -0.110. The fourth-order valence-electron chi connectivity index (χ4n) is 2.56. The molecule has 0 aliphatic carbocycles. The first kappa shape index (κ1) is 15.2. The van der Waals surface area contributed by atoms with Gasteiger partial charge >= 0.3 is 0 Å². The zero-order chi connectivity index (χ0) is 13.3. The van der Waals surface area contributed by atoms with Crippen LogP contribution in [0, 0.1) is 0 Å². The maximum Gasteiger partial charge on any atom is 0.155 e. The molecule has 0 radical (unpaired) electrons. The van der Waals surface area contributed by atoms with Crippen LogP contribution >= 0.6 is 0 Å². The highest BCUT2D eigenvalue weighted by molar-refractivity contribution is 4.68. The molecule has 0 aromatic carbocycles. The summed E-state index contributed by atoms with van der Waals surface area (Å²) < 4.78 is 5.49. The molecule has 2 saturated heterocycles. The Balaban J connectivity index is 1.47. The van der Waals surface area contributed by atoms with E-state index in [-0.39, 0.29) is 0 Å². The molecule has 0 spiro atoms. The molecule has 0 aromatic rings. The molecule has 1 atom stereocenters. The Bertz CT molecular complexity index is 231. The summed E-state index contributed by atoms with van der Waals surface area (Å²) in [7, 11) is 0. The van der Waals surface area contributed by atoms with Crippen molar-refractivity contribution in [3.63, 3.8) is 0 Å². The summed E-state index contributed by atoms with van der Waals surface area (Å²) in [4.78, 5) is 4.75. The summed E-state index contributed by atoms with van der Waals surface area (Å²) in [5.74, 6) is 0. The van der Waals surface area contributed by atoms with E-state index in [9.17, 15) is 5.11 Å². The standard InChI is InChI=1S/C13H28N4O2/c18-13(1-6-16-7-2-14-3-8-16)19-12-11-17-9-4-15-5-10-17/h13-15,18H,1-12H2. The first-order valence-electron chi connectivity index (χ1n) is 7.50. The Morgan fingerprint density at radius 3 is 2.00 bits per heavy atom. The number of aliphatic hydroxyl groups excluding tert-OH is 1. The first-order chi connectivity index (χ1) is 9.34. The molecule has 19 heavy (non-hydrogen) atoms. The van der Waals surface area contributed by atoms with E-state index in [1.54, 1.807) is 0 Å². The van der Waals surface area contributed by atoms with E-state index in [1.807, 2.05) is 0 Å². The lowest BCUT2D eigenvalue weighted by Crippen LogP contribution is -2.45. The van der Waals surface area contributed by atoms with E-state index in [0.717, 1.165) is 65.4 Å². The molecule has 0 bridgehead atoms. The van der Waals surface area contributed by atoms with E-state index >= 15 is 0 Å². The molecule has 2 aliphatic rings. The van der Waals surface area contributed by atoms with E-state index in [4.69, 9.17) is 4.74 Å². The van der Waals surface area contributed by atoms with Crippen molar-refractivity contribution >= 4 is 0 Å². The van der Waals surface area contributed by atoms with E-state index in [2.05, 4.69) is 20.4 Å². The van der Waals surface area contributed by atoms with Gasteiger partial charge in [0.15, 0.2) is 6.29 Å². The third-order valence-electron chi connectivity index (χ3n) is 3.83. The third kappa shape index (κ3) is 6.16. The second kappa shape index (κ2) is 8.84. The van der Waals surface area contributed by atoms with Crippen LogP contribution in [0.2, 0.25) is 0 Å². The smallest absolute Gasteiger partial charge is 0.155 e. The van der Waals surface area contributed by atoms with Crippen molar-refractivity contribution in [2.75, 3.05) is 72.1 Å². The minimum Gasteiger partial charge on any atom is -0.368 e. The lowest BCUT2D eigenvalue weighted by Gasteiger charge is -2.29. The number of aliphatic hydroxyl groups is 1. The van der Waals surface area contributed by atoms with Crippen LogP contribution in [0.15, 0.2) is 0 Å². The number of hydrogen-bond acceptors (Lipinski definition) is 6. The van der Waals surface area contributed by atoms with Crippen molar-refractivity contribution in [3.8, 4) is 0 Å². The number of piperazine rings is 2. The van der Waals surface area contributed by atoms with Crippen LogP contribution in [0.4, 0.5) is 0 Å². The van der Waals surface area contributed by atoms with Gasteiger partial charge in [0.25, 0.3) is 0 Å². The van der Waals surface area contributed by atoms with Crippen molar-refractivity contribution in [1.82, 2.24) is 20.4 Å². The van der Waals surface area contributed by atoms with Gasteiger partial charge in [-0.05, 0) is 0 Å². The molecular weight excluding hydrogens is 244 g/mol. The molecule has 112 valence electrons.